The number of nitrogens with zero attached hydrogens (tertiary/aromatic N) is 3. The average molecular weight is 437 g/mol. The van der Waals surface area contributed by atoms with Gasteiger partial charge in [-0.25, -0.2) is 0 Å². The van der Waals surface area contributed by atoms with Crippen LogP contribution in [0.1, 0.15) is 29.6 Å². The molecule has 2 heterocycles. The third kappa shape index (κ3) is 5.40. The van der Waals surface area contributed by atoms with E-state index in [1.165, 1.54) is 5.69 Å². The van der Waals surface area contributed by atoms with E-state index in [-0.39, 0.29) is 11.8 Å². The van der Waals surface area contributed by atoms with E-state index in [1.54, 1.807) is 24.1 Å². The van der Waals surface area contributed by atoms with E-state index in [1.807, 2.05) is 24.3 Å². The molecule has 0 unspecified atom stereocenters. The molecule has 0 atom stereocenters. The topological polar surface area (TPSA) is 65.1 Å². The molecule has 2 aromatic carbocycles. The molecule has 2 aliphatic rings. The highest BCUT2D eigenvalue weighted by atomic mass is 16.5. The van der Waals surface area contributed by atoms with Crippen LogP contribution in [0.4, 0.5) is 11.4 Å². The summed E-state index contributed by atoms with van der Waals surface area (Å²) in [4.78, 5) is 30.9. The van der Waals surface area contributed by atoms with Crippen molar-refractivity contribution in [1.29, 1.82) is 0 Å². The van der Waals surface area contributed by atoms with E-state index in [9.17, 15) is 9.59 Å². The maximum absolute atomic E-state index is 12.4. The molecule has 2 amide bonds. The van der Waals surface area contributed by atoms with Crippen LogP contribution in [0, 0.1) is 0 Å². The zero-order valence-corrected chi connectivity index (χ0v) is 18.8. The van der Waals surface area contributed by atoms with Crippen molar-refractivity contribution in [2.75, 3.05) is 62.7 Å². The first-order valence-corrected chi connectivity index (χ1v) is 11.4. The van der Waals surface area contributed by atoms with Gasteiger partial charge in [-0.15, -0.1) is 0 Å². The zero-order chi connectivity index (χ0) is 22.3. The summed E-state index contributed by atoms with van der Waals surface area (Å²) >= 11 is 0. The average Bonchev–Trinajstić information content (AvgIpc) is 3.28. The number of methoxy groups -OCH3 is 1. The van der Waals surface area contributed by atoms with Crippen molar-refractivity contribution in [1.82, 2.24) is 10.2 Å². The highest BCUT2D eigenvalue weighted by Crippen LogP contribution is 2.22. The number of nitrogens with one attached hydrogen (secondary N) is 1. The summed E-state index contributed by atoms with van der Waals surface area (Å²) in [5, 5.41) is 3.01. The predicted molar refractivity (Wildman–Crippen MR) is 127 cm³/mol. The third-order valence-corrected chi connectivity index (χ3v) is 6.26. The summed E-state index contributed by atoms with van der Waals surface area (Å²) in [5.41, 5.74) is 2.74. The van der Waals surface area contributed by atoms with Crippen LogP contribution in [0.5, 0.6) is 5.75 Å². The molecule has 4 rings (SSSR count). The van der Waals surface area contributed by atoms with Crippen molar-refractivity contribution in [3.63, 3.8) is 0 Å². The summed E-state index contributed by atoms with van der Waals surface area (Å²) < 4.78 is 5.23. The third-order valence-electron chi connectivity index (χ3n) is 6.26. The van der Waals surface area contributed by atoms with Crippen LogP contribution in [-0.4, -0.2) is 69.6 Å². The number of benzene rings is 2. The number of piperazine rings is 1. The normalized spacial score (nSPS) is 17.0. The lowest BCUT2D eigenvalue weighted by Crippen LogP contribution is -2.47. The molecule has 2 aromatic rings. The Morgan fingerprint density at radius 3 is 2.25 bits per heavy atom. The maximum Gasteiger partial charge on any atom is 0.251 e. The molecule has 1 N–H and O–H groups in total. The molecule has 0 radical (unpaired) electrons. The number of hydrogen-bond acceptors (Lipinski definition) is 5. The molecule has 7 nitrogen and oxygen atoms in total. The number of carbonyl (C=O) groups excluding carboxylic acids is 2. The molecule has 2 saturated heterocycles. The summed E-state index contributed by atoms with van der Waals surface area (Å²) in [6.45, 7) is 6.46. The lowest BCUT2D eigenvalue weighted by molar-refractivity contribution is -0.117. The van der Waals surface area contributed by atoms with Gasteiger partial charge >= 0.3 is 0 Å². The Kier molecular flexibility index (Phi) is 7.27. The molecule has 0 bridgehead atoms. The van der Waals surface area contributed by atoms with Crippen molar-refractivity contribution in [2.24, 2.45) is 0 Å². The van der Waals surface area contributed by atoms with Crippen LogP contribution < -0.4 is 19.9 Å². The number of amides is 2. The Labute approximate surface area is 189 Å². The largest absolute Gasteiger partial charge is 0.497 e. The van der Waals surface area contributed by atoms with Crippen LogP contribution in [0.15, 0.2) is 48.5 Å². The van der Waals surface area contributed by atoms with Crippen molar-refractivity contribution in [3.05, 3.63) is 54.1 Å². The lowest BCUT2D eigenvalue weighted by Gasteiger charge is -2.36. The Bertz CT molecular complexity index is 906. The second kappa shape index (κ2) is 10.5. The second-order valence-electron chi connectivity index (χ2n) is 8.33. The number of carbonyl (C=O) groups is 2. The van der Waals surface area contributed by atoms with Gasteiger partial charge in [0, 0.05) is 62.6 Å². The monoisotopic (exact) mass is 436 g/mol. The minimum Gasteiger partial charge on any atom is -0.497 e. The van der Waals surface area contributed by atoms with Crippen LogP contribution in [0.2, 0.25) is 0 Å². The van der Waals surface area contributed by atoms with E-state index < -0.39 is 0 Å². The van der Waals surface area contributed by atoms with Gasteiger partial charge in [-0.1, -0.05) is 0 Å². The van der Waals surface area contributed by atoms with Gasteiger partial charge in [0.05, 0.1) is 7.11 Å². The van der Waals surface area contributed by atoms with Gasteiger partial charge in [-0.05, 0) is 67.9 Å². The SMILES string of the molecule is COc1ccc(N2CCN(CCCNC(=O)c3ccc(N4CCCC4=O)cc3)CC2)cc1. The molecular formula is C25H32N4O3. The van der Waals surface area contributed by atoms with Gasteiger partial charge < -0.3 is 19.9 Å². The fourth-order valence-corrected chi connectivity index (χ4v) is 4.34. The lowest BCUT2D eigenvalue weighted by atomic mass is 10.2. The Morgan fingerprint density at radius 2 is 1.62 bits per heavy atom. The van der Waals surface area contributed by atoms with Crippen LogP contribution in [-0.2, 0) is 4.79 Å². The van der Waals surface area contributed by atoms with Crippen molar-refractivity contribution < 1.29 is 14.3 Å². The van der Waals surface area contributed by atoms with E-state index in [0.717, 1.165) is 63.5 Å². The highest BCUT2D eigenvalue weighted by molar-refractivity contribution is 5.97. The zero-order valence-electron chi connectivity index (χ0n) is 18.8. The molecule has 2 fully saturated rings. The number of ether oxygens (including phenoxy) is 1. The quantitative estimate of drug-likeness (QED) is 0.645. The molecule has 0 spiro atoms. The second-order valence-corrected chi connectivity index (χ2v) is 8.33. The minimum atomic E-state index is -0.0615. The fraction of sp³-hybridized carbons (Fsp3) is 0.440. The predicted octanol–water partition coefficient (Wildman–Crippen LogP) is 2.76. The Balaban J connectivity index is 1.15. The summed E-state index contributed by atoms with van der Waals surface area (Å²) in [5.74, 6) is 0.979. The van der Waals surface area contributed by atoms with E-state index in [4.69, 9.17) is 4.74 Å². The molecule has 170 valence electrons. The van der Waals surface area contributed by atoms with Gasteiger partial charge in [-0.3, -0.25) is 14.5 Å². The summed E-state index contributed by atoms with van der Waals surface area (Å²) in [6, 6.07) is 15.6. The Hall–Kier alpha value is -3.06. The molecule has 2 aliphatic heterocycles. The number of rotatable bonds is 8. The van der Waals surface area contributed by atoms with Gasteiger partial charge in [0.1, 0.15) is 5.75 Å². The first-order valence-electron chi connectivity index (χ1n) is 11.4. The van der Waals surface area contributed by atoms with Crippen molar-refractivity contribution in [2.45, 2.75) is 19.3 Å². The summed E-state index contributed by atoms with van der Waals surface area (Å²) in [7, 11) is 1.69. The summed E-state index contributed by atoms with van der Waals surface area (Å²) in [6.07, 6.45) is 2.44. The van der Waals surface area contributed by atoms with Gasteiger partial charge in [-0.2, -0.15) is 0 Å². The smallest absolute Gasteiger partial charge is 0.251 e. The Morgan fingerprint density at radius 1 is 0.938 bits per heavy atom. The minimum absolute atomic E-state index is 0.0615. The first-order chi connectivity index (χ1) is 15.6. The standard InChI is InChI=1S/C25H32N4O3/c1-32-23-11-9-21(10-12-23)28-18-16-27(17-19-28)14-3-13-26-25(31)20-5-7-22(8-6-20)29-15-2-4-24(29)30/h5-12H,2-4,13-19H2,1H3,(H,26,31). The van der Waals surface area contributed by atoms with E-state index >= 15 is 0 Å². The van der Waals surface area contributed by atoms with E-state index in [2.05, 4.69) is 27.2 Å². The van der Waals surface area contributed by atoms with Gasteiger partial charge in [0.2, 0.25) is 5.91 Å². The molecule has 0 aromatic heterocycles. The maximum atomic E-state index is 12.4. The van der Waals surface area contributed by atoms with Crippen LogP contribution in [0.25, 0.3) is 0 Å². The molecule has 32 heavy (non-hydrogen) atoms. The van der Waals surface area contributed by atoms with Crippen LogP contribution in [0.3, 0.4) is 0 Å². The first kappa shape index (κ1) is 22.1. The number of hydrogen-bond donors (Lipinski definition) is 1. The van der Waals surface area contributed by atoms with Crippen LogP contribution >= 0.6 is 0 Å². The molecule has 0 aliphatic carbocycles. The molecular weight excluding hydrogens is 404 g/mol. The van der Waals surface area contributed by atoms with Crippen molar-refractivity contribution in [3.8, 4) is 5.75 Å². The van der Waals surface area contributed by atoms with Crippen molar-refractivity contribution >= 4 is 23.2 Å². The van der Waals surface area contributed by atoms with E-state index in [0.29, 0.717) is 18.5 Å². The highest BCUT2D eigenvalue weighted by Gasteiger charge is 2.21. The molecule has 0 saturated carbocycles. The fourth-order valence-electron chi connectivity index (χ4n) is 4.34. The number of anilines is 2. The van der Waals surface area contributed by atoms with Gasteiger partial charge in [0.25, 0.3) is 5.91 Å². The molecule has 7 heteroatoms. The van der Waals surface area contributed by atoms with Gasteiger partial charge in [0.15, 0.2) is 0 Å².